The lowest BCUT2D eigenvalue weighted by Gasteiger charge is -2.40. The van der Waals surface area contributed by atoms with Crippen molar-refractivity contribution in [2.45, 2.75) is 68.4 Å². The lowest BCUT2D eigenvalue weighted by Crippen LogP contribution is -2.59. The fourth-order valence-electron chi connectivity index (χ4n) is 3.85. The molecular weight excluding hydrogens is 440 g/mol. The van der Waals surface area contributed by atoms with Gasteiger partial charge in [-0.1, -0.05) is 0 Å². The number of phenols is 1. The summed E-state index contributed by atoms with van der Waals surface area (Å²) in [6.45, 7) is -0.464. The molecule has 2 fully saturated rings. The number of benzene rings is 1. The fraction of sp³-hybridized carbons (Fsp3) is 0.636. The van der Waals surface area contributed by atoms with Gasteiger partial charge in [0, 0.05) is 12.8 Å². The lowest BCUT2D eigenvalue weighted by atomic mass is 9.82. The van der Waals surface area contributed by atoms with Gasteiger partial charge in [-0.05, 0) is 37.5 Å². The van der Waals surface area contributed by atoms with Gasteiger partial charge in [0.1, 0.15) is 36.8 Å². The lowest BCUT2D eigenvalue weighted by molar-refractivity contribution is -0.302. The largest absolute Gasteiger partial charge is 0.504 e. The second-order valence-electron chi connectivity index (χ2n) is 8.38. The van der Waals surface area contributed by atoms with E-state index in [4.69, 9.17) is 18.9 Å². The molecule has 0 amide bonds. The van der Waals surface area contributed by atoms with E-state index in [1.807, 2.05) is 0 Å². The molecule has 0 spiro atoms. The molecule has 5 atom stereocenters. The fourth-order valence-corrected chi connectivity index (χ4v) is 3.85. The molecule has 1 saturated carbocycles. The minimum absolute atomic E-state index is 0.0188. The third kappa shape index (κ3) is 6.19. The summed E-state index contributed by atoms with van der Waals surface area (Å²) in [5.41, 5.74) is -0.964. The van der Waals surface area contributed by atoms with E-state index >= 15 is 0 Å². The van der Waals surface area contributed by atoms with Crippen molar-refractivity contribution in [3.05, 3.63) is 23.8 Å². The predicted octanol–water partition coefficient (Wildman–Crippen LogP) is -0.354. The van der Waals surface area contributed by atoms with Crippen molar-refractivity contribution in [2.24, 2.45) is 0 Å². The van der Waals surface area contributed by atoms with Crippen LogP contribution >= 0.6 is 0 Å². The summed E-state index contributed by atoms with van der Waals surface area (Å²) in [6.07, 6.45) is -5.79. The molecule has 33 heavy (non-hydrogen) atoms. The molecule has 1 aliphatic heterocycles. The van der Waals surface area contributed by atoms with Crippen molar-refractivity contribution < 1.29 is 54.1 Å². The van der Waals surface area contributed by atoms with Gasteiger partial charge in [0.2, 0.25) is 0 Å². The number of Topliss-reactive ketones (excluding diaryl/α,β-unsaturated/α-hetero) is 1. The Hall–Kier alpha value is -2.28. The average molecular weight is 470 g/mol. The highest BCUT2D eigenvalue weighted by atomic mass is 16.7. The number of esters is 1. The van der Waals surface area contributed by atoms with Crippen molar-refractivity contribution >= 4 is 11.8 Å². The number of carbonyl (C=O) groups excluding carboxylic acids is 2. The zero-order valence-electron chi connectivity index (χ0n) is 18.3. The first-order chi connectivity index (χ1) is 15.6. The van der Waals surface area contributed by atoms with Gasteiger partial charge in [-0.25, -0.2) is 4.79 Å². The van der Waals surface area contributed by atoms with Crippen LogP contribution in [0.2, 0.25) is 0 Å². The van der Waals surface area contributed by atoms with Crippen molar-refractivity contribution in [3.8, 4) is 11.5 Å². The SMILES string of the molecule is COc1cc(C(=O)OC[C@H]2O[C@@H](OCCC3(O)CCC(=O)CC3)[C@H](O)[C@@H](O)[C@@H]2O)ccc1O. The van der Waals surface area contributed by atoms with Crippen LogP contribution in [0.1, 0.15) is 42.5 Å². The van der Waals surface area contributed by atoms with Crippen LogP contribution in [-0.4, -0.2) is 93.9 Å². The second-order valence-corrected chi connectivity index (χ2v) is 8.38. The topological polar surface area (TPSA) is 172 Å². The van der Waals surface area contributed by atoms with Crippen LogP contribution in [0, 0.1) is 0 Å². The number of phenolic OH excluding ortho intramolecular Hbond substituents is 1. The Bertz CT molecular complexity index is 832. The van der Waals surface area contributed by atoms with Crippen molar-refractivity contribution in [3.63, 3.8) is 0 Å². The molecule has 0 bridgehead atoms. The Morgan fingerprint density at radius 1 is 1.15 bits per heavy atom. The molecule has 11 heteroatoms. The van der Waals surface area contributed by atoms with E-state index in [1.165, 1.54) is 25.3 Å². The van der Waals surface area contributed by atoms with Crippen LogP contribution in [0.5, 0.6) is 11.5 Å². The summed E-state index contributed by atoms with van der Waals surface area (Å²) < 4.78 is 21.1. The Morgan fingerprint density at radius 3 is 2.52 bits per heavy atom. The number of aliphatic hydroxyl groups is 4. The van der Waals surface area contributed by atoms with Crippen molar-refractivity contribution in [2.75, 3.05) is 20.3 Å². The molecule has 1 aromatic rings. The van der Waals surface area contributed by atoms with Crippen LogP contribution in [-0.2, 0) is 19.0 Å². The molecule has 0 unspecified atom stereocenters. The summed E-state index contributed by atoms with van der Waals surface area (Å²) >= 11 is 0. The smallest absolute Gasteiger partial charge is 0.338 e. The van der Waals surface area contributed by atoms with Gasteiger partial charge in [0.25, 0.3) is 0 Å². The Morgan fingerprint density at radius 2 is 1.85 bits per heavy atom. The van der Waals surface area contributed by atoms with Crippen molar-refractivity contribution in [1.29, 1.82) is 0 Å². The number of ketones is 1. The van der Waals surface area contributed by atoms with E-state index in [-0.39, 0.29) is 35.9 Å². The first kappa shape index (κ1) is 25.3. The summed E-state index contributed by atoms with van der Waals surface area (Å²) in [6, 6.07) is 3.87. The maximum Gasteiger partial charge on any atom is 0.338 e. The van der Waals surface area contributed by atoms with Crippen molar-refractivity contribution in [1.82, 2.24) is 0 Å². The maximum atomic E-state index is 12.3. The number of methoxy groups -OCH3 is 1. The second kappa shape index (κ2) is 10.8. The Labute approximate surface area is 190 Å². The molecular formula is C22H30O11. The molecule has 0 aromatic heterocycles. The third-order valence-electron chi connectivity index (χ3n) is 6.05. The third-order valence-corrected chi connectivity index (χ3v) is 6.05. The highest BCUT2D eigenvalue weighted by Gasteiger charge is 2.45. The van der Waals surface area contributed by atoms with Crippen LogP contribution < -0.4 is 4.74 Å². The Balaban J connectivity index is 1.54. The van der Waals surface area contributed by atoms with Crippen LogP contribution in [0.3, 0.4) is 0 Å². The molecule has 1 aliphatic carbocycles. The Kier molecular flexibility index (Phi) is 8.27. The van der Waals surface area contributed by atoms with E-state index in [0.717, 1.165) is 0 Å². The van der Waals surface area contributed by atoms with E-state index in [1.54, 1.807) is 0 Å². The molecule has 1 saturated heterocycles. The minimum atomic E-state index is -1.61. The van der Waals surface area contributed by atoms with Gasteiger partial charge in [-0.2, -0.15) is 0 Å². The number of hydrogen-bond donors (Lipinski definition) is 5. The standard InChI is InChI=1S/C22H30O11/c1-30-15-10-12(2-3-14(15)24)20(28)32-11-16-17(25)18(26)19(27)21(33-16)31-9-8-22(29)6-4-13(23)5-7-22/h2-3,10,16-19,21,24-27,29H,4-9,11H2,1H3/t16-,17-,18+,19-,21-/m1/s1. The quantitative estimate of drug-likeness (QED) is 0.314. The molecule has 2 aliphatic rings. The van der Waals surface area contributed by atoms with Crippen LogP contribution in [0.25, 0.3) is 0 Å². The maximum absolute atomic E-state index is 12.3. The number of aliphatic hydroxyl groups excluding tert-OH is 3. The predicted molar refractivity (Wildman–Crippen MR) is 111 cm³/mol. The van der Waals surface area contributed by atoms with Crippen LogP contribution in [0.15, 0.2) is 18.2 Å². The first-order valence-corrected chi connectivity index (χ1v) is 10.7. The number of carbonyl (C=O) groups is 2. The van der Waals surface area contributed by atoms with E-state index in [2.05, 4.69) is 0 Å². The molecule has 11 nitrogen and oxygen atoms in total. The number of rotatable bonds is 8. The highest BCUT2D eigenvalue weighted by molar-refractivity contribution is 5.90. The van der Waals surface area contributed by atoms with E-state index < -0.39 is 48.9 Å². The minimum Gasteiger partial charge on any atom is -0.504 e. The molecule has 1 heterocycles. The molecule has 184 valence electrons. The van der Waals surface area contributed by atoms with E-state index in [9.17, 15) is 35.1 Å². The highest BCUT2D eigenvalue weighted by Crippen LogP contribution is 2.30. The summed E-state index contributed by atoms with van der Waals surface area (Å²) in [4.78, 5) is 23.7. The van der Waals surface area contributed by atoms with Gasteiger partial charge in [-0.3, -0.25) is 4.79 Å². The molecule has 3 rings (SSSR count). The number of hydrogen-bond acceptors (Lipinski definition) is 11. The normalized spacial score (nSPS) is 29.5. The molecule has 5 N–H and O–H groups in total. The van der Waals surface area contributed by atoms with Gasteiger partial charge < -0.3 is 44.5 Å². The van der Waals surface area contributed by atoms with Gasteiger partial charge in [-0.15, -0.1) is 0 Å². The zero-order valence-corrected chi connectivity index (χ0v) is 18.3. The summed E-state index contributed by atoms with van der Waals surface area (Å²) in [7, 11) is 1.33. The number of ether oxygens (including phenoxy) is 4. The summed E-state index contributed by atoms with van der Waals surface area (Å²) in [5, 5.41) is 50.7. The monoisotopic (exact) mass is 470 g/mol. The van der Waals surface area contributed by atoms with Gasteiger partial charge in [0.05, 0.1) is 24.9 Å². The number of aromatic hydroxyl groups is 1. The van der Waals surface area contributed by atoms with E-state index in [0.29, 0.717) is 25.7 Å². The zero-order chi connectivity index (χ0) is 24.2. The molecule has 0 radical (unpaired) electrons. The van der Waals surface area contributed by atoms with Gasteiger partial charge in [0.15, 0.2) is 17.8 Å². The van der Waals surface area contributed by atoms with Gasteiger partial charge >= 0.3 is 5.97 Å². The molecule has 1 aromatic carbocycles. The first-order valence-electron chi connectivity index (χ1n) is 10.7. The van der Waals surface area contributed by atoms with Crippen LogP contribution in [0.4, 0.5) is 0 Å². The average Bonchev–Trinajstić information content (AvgIpc) is 2.80. The summed E-state index contributed by atoms with van der Waals surface area (Å²) in [5.74, 6) is -0.751.